The predicted octanol–water partition coefficient (Wildman–Crippen LogP) is 4.08. The van der Waals surface area contributed by atoms with Crippen molar-refractivity contribution in [2.75, 3.05) is 46.9 Å². The lowest BCUT2D eigenvalue weighted by atomic mass is 9.85. The van der Waals surface area contributed by atoms with Gasteiger partial charge in [-0.05, 0) is 37.8 Å². The number of ether oxygens (including phenoxy) is 2. The number of amides is 3. The summed E-state index contributed by atoms with van der Waals surface area (Å²) in [6.07, 6.45) is 8.93. The van der Waals surface area contributed by atoms with Gasteiger partial charge in [-0.2, -0.15) is 0 Å². The molecule has 3 rings (SSSR count). The van der Waals surface area contributed by atoms with Crippen LogP contribution in [0.2, 0.25) is 0 Å². The van der Waals surface area contributed by atoms with E-state index in [0.717, 1.165) is 37.9 Å². The number of alkyl carbamates (subject to hydrolysis) is 1. The predicted molar refractivity (Wildman–Crippen MR) is 137 cm³/mol. The van der Waals surface area contributed by atoms with Gasteiger partial charge >= 0.3 is 12.1 Å². The van der Waals surface area contributed by atoms with Crippen molar-refractivity contribution in [2.45, 2.75) is 63.5 Å². The first-order valence-electron chi connectivity index (χ1n) is 13.3. The number of hydrogen-bond donors (Lipinski definition) is 3. The molecular formula is C27H44N4O4. The summed E-state index contributed by atoms with van der Waals surface area (Å²) in [7, 11) is 3.30. The van der Waals surface area contributed by atoms with Gasteiger partial charge in [0.15, 0.2) is 0 Å². The standard InChI is InChI=1S/C27H44N4O4/c1-28-19-24(18-21-10-5-3-6-11-21)30-26(32)31-16-9-14-23(20-31)25(22-12-7-4-8-13-22)35-17-15-29-27(33)34-2/h4,7-8,12-13,21,23-25,28H,3,5-6,9-11,14-20H2,1-2H3,(H,29,33)(H,30,32)/t23?,24-,25+/m1/s1. The zero-order valence-corrected chi connectivity index (χ0v) is 21.5. The molecule has 8 nitrogen and oxygen atoms in total. The van der Waals surface area contributed by atoms with Gasteiger partial charge in [0.05, 0.1) is 19.8 Å². The highest BCUT2D eigenvalue weighted by Gasteiger charge is 2.32. The van der Waals surface area contributed by atoms with E-state index in [1.165, 1.54) is 39.2 Å². The van der Waals surface area contributed by atoms with E-state index < -0.39 is 6.09 Å². The van der Waals surface area contributed by atoms with E-state index >= 15 is 0 Å². The van der Waals surface area contributed by atoms with E-state index in [-0.39, 0.29) is 24.1 Å². The summed E-state index contributed by atoms with van der Waals surface area (Å²) in [4.78, 5) is 26.6. The smallest absolute Gasteiger partial charge is 0.406 e. The number of methoxy groups -OCH3 is 1. The lowest BCUT2D eigenvalue weighted by molar-refractivity contribution is -0.00865. The number of nitrogens with one attached hydrogen (secondary N) is 3. The fourth-order valence-corrected chi connectivity index (χ4v) is 5.53. The molecular weight excluding hydrogens is 444 g/mol. The Labute approximate surface area is 210 Å². The third-order valence-corrected chi connectivity index (χ3v) is 7.28. The van der Waals surface area contributed by atoms with Crippen molar-refractivity contribution in [3.63, 3.8) is 0 Å². The summed E-state index contributed by atoms with van der Waals surface area (Å²) in [6.45, 7) is 2.97. The number of rotatable bonds is 11. The van der Waals surface area contributed by atoms with Crippen LogP contribution in [0.4, 0.5) is 9.59 Å². The lowest BCUT2D eigenvalue weighted by Gasteiger charge is -2.38. The Hall–Kier alpha value is -2.32. The molecule has 3 atom stereocenters. The van der Waals surface area contributed by atoms with Crippen molar-refractivity contribution >= 4 is 12.1 Å². The quantitative estimate of drug-likeness (QED) is 0.408. The highest BCUT2D eigenvalue weighted by molar-refractivity contribution is 5.74. The molecule has 1 heterocycles. The van der Waals surface area contributed by atoms with Gasteiger partial charge in [0, 0.05) is 38.1 Å². The topological polar surface area (TPSA) is 91.9 Å². The van der Waals surface area contributed by atoms with Gasteiger partial charge in [-0.15, -0.1) is 0 Å². The molecule has 2 fully saturated rings. The summed E-state index contributed by atoms with van der Waals surface area (Å²) in [6, 6.07) is 10.4. The molecule has 2 aliphatic rings. The number of nitrogens with zero attached hydrogens (tertiary/aromatic N) is 1. The Balaban J connectivity index is 1.59. The molecule has 0 radical (unpaired) electrons. The van der Waals surface area contributed by atoms with E-state index in [1.807, 2.05) is 30.1 Å². The number of hydrogen-bond acceptors (Lipinski definition) is 5. The van der Waals surface area contributed by atoms with Crippen LogP contribution in [-0.2, 0) is 9.47 Å². The van der Waals surface area contributed by atoms with Crippen LogP contribution >= 0.6 is 0 Å². The van der Waals surface area contributed by atoms with Crippen molar-refractivity contribution in [3.8, 4) is 0 Å². The van der Waals surface area contributed by atoms with Crippen LogP contribution in [0, 0.1) is 11.8 Å². The van der Waals surface area contributed by atoms with Gasteiger partial charge < -0.3 is 30.3 Å². The van der Waals surface area contributed by atoms with E-state index in [9.17, 15) is 9.59 Å². The van der Waals surface area contributed by atoms with Crippen LogP contribution in [0.1, 0.15) is 63.0 Å². The second kappa shape index (κ2) is 14.9. The number of likely N-dealkylation sites (tertiary alicyclic amines) is 1. The minimum atomic E-state index is -0.463. The third-order valence-electron chi connectivity index (χ3n) is 7.28. The third kappa shape index (κ3) is 9.00. The van der Waals surface area contributed by atoms with Crippen LogP contribution in [0.15, 0.2) is 30.3 Å². The molecule has 1 saturated carbocycles. The van der Waals surface area contributed by atoms with Crippen LogP contribution < -0.4 is 16.0 Å². The van der Waals surface area contributed by atoms with Crippen molar-refractivity contribution < 1.29 is 19.1 Å². The number of carbonyl (C=O) groups excluding carboxylic acids is 2. The fraction of sp³-hybridized carbons (Fsp3) is 0.704. The Morgan fingerprint density at radius 2 is 1.86 bits per heavy atom. The summed E-state index contributed by atoms with van der Waals surface area (Å²) < 4.78 is 10.9. The van der Waals surface area contributed by atoms with Crippen molar-refractivity contribution in [3.05, 3.63) is 35.9 Å². The van der Waals surface area contributed by atoms with E-state index in [4.69, 9.17) is 4.74 Å². The average Bonchev–Trinajstić information content (AvgIpc) is 2.89. The van der Waals surface area contributed by atoms with E-state index in [0.29, 0.717) is 25.6 Å². The number of urea groups is 1. The van der Waals surface area contributed by atoms with Gasteiger partial charge in [0.1, 0.15) is 0 Å². The molecule has 1 saturated heterocycles. The van der Waals surface area contributed by atoms with Gasteiger partial charge in [-0.3, -0.25) is 0 Å². The van der Waals surface area contributed by atoms with Gasteiger partial charge in [0.25, 0.3) is 0 Å². The first kappa shape index (κ1) is 27.3. The van der Waals surface area contributed by atoms with E-state index in [1.54, 1.807) is 0 Å². The number of likely N-dealkylation sites (N-methyl/N-ethyl adjacent to an activating group) is 1. The zero-order chi connectivity index (χ0) is 24.9. The molecule has 1 aromatic rings. The maximum absolute atomic E-state index is 13.3. The number of piperidine rings is 1. The molecule has 196 valence electrons. The van der Waals surface area contributed by atoms with Crippen molar-refractivity contribution in [2.24, 2.45) is 11.8 Å². The SMILES string of the molecule is CNC[C@@H](CC1CCCCC1)NC(=O)N1CCCC([C@@H](OCCNC(=O)OC)c2ccccc2)C1. The molecule has 35 heavy (non-hydrogen) atoms. The molecule has 0 bridgehead atoms. The summed E-state index contributed by atoms with van der Waals surface area (Å²) in [5.74, 6) is 0.905. The highest BCUT2D eigenvalue weighted by Crippen LogP contribution is 2.33. The van der Waals surface area contributed by atoms with Crippen molar-refractivity contribution in [1.29, 1.82) is 0 Å². The zero-order valence-electron chi connectivity index (χ0n) is 21.5. The molecule has 0 aromatic heterocycles. The Bertz CT molecular complexity index is 757. The average molecular weight is 489 g/mol. The maximum atomic E-state index is 13.3. The van der Waals surface area contributed by atoms with Crippen LogP contribution in [-0.4, -0.2) is 70.0 Å². The Morgan fingerprint density at radius 1 is 1.09 bits per heavy atom. The molecule has 8 heteroatoms. The highest BCUT2D eigenvalue weighted by atomic mass is 16.5. The molecule has 3 amide bonds. The first-order valence-corrected chi connectivity index (χ1v) is 13.3. The normalized spacial score (nSPS) is 20.6. The minimum Gasteiger partial charge on any atom is -0.453 e. The second-order valence-electron chi connectivity index (χ2n) is 9.91. The maximum Gasteiger partial charge on any atom is 0.406 e. The molecule has 1 aliphatic heterocycles. The Kier molecular flexibility index (Phi) is 11.6. The van der Waals surface area contributed by atoms with Crippen LogP contribution in [0.5, 0.6) is 0 Å². The van der Waals surface area contributed by atoms with Gasteiger partial charge in [-0.1, -0.05) is 62.4 Å². The van der Waals surface area contributed by atoms with Crippen LogP contribution in [0.3, 0.4) is 0 Å². The number of carbonyl (C=O) groups is 2. The van der Waals surface area contributed by atoms with Crippen LogP contribution in [0.25, 0.3) is 0 Å². The molecule has 1 aromatic carbocycles. The molecule has 3 N–H and O–H groups in total. The largest absolute Gasteiger partial charge is 0.453 e. The summed E-state index contributed by atoms with van der Waals surface area (Å²) in [5, 5.41) is 9.26. The fourth-order valence-electron chi connectivity index (χ4n) is 5.53. The minimum absolute atomic E-state index is 0.0323. The summed E-state index contributed by atoms with van der Waals surface area (Å²) in [5.41, 5.74) is 1.10. The molecule has 0 spiro atoms. The second-order valence-corrected chi connectivity index (χ2v) is 9.91. The molecule has 1 aliphatic carbocycles. The van der Waals surface area contributed by atoms with Gasteiger partial charge in [0.2, 0.25) is 0 Å². The van der Waals surface area contributed by atoms with Gasteiger partial charge in [-0.25, -0.2) is 9.59 Å². The Morgan fingerprint density at radius 3 is 2.57 bits per heavy atom. The lowest BCUT2D eigenvalue weighted by Crippen LogP contribution is -2.52. The number of benzene rings is 1. The van der Waals surface area contributed by atoms with Crippen molar-refractivity contribution in [1.82, 2.24) is 20.9 Å². The first-order chi connectivity index (χ1) is 17.1. The summed E-state index contributed by atoms with van der Waals surface area (Å²) >= 11 is 0. The van der Waals surface area contributed by atoms with E-state index in [2.05, 4.69) is 32.8 Å². The monoisotopic (exact) mass is 488 g/mol. The molecule has 1 unspecified atom stereocenters.